The zero-order chi connectivity index (χ0) is 9.84. The minimum absolute atomic E-state index is 0.0903. The van der Waals surface area contributed by atoms with Gasteiger partial charge < -0.3 is 10.2 Å². The molecular weight excluding hydrogens is 236 g/mol. The van der Waals surface area contributed by atoms with Crippen molar-refractivity contribution in [2.45, 2.75) is 0 Å². The highest BCUT2D eigenvalue weighted by atomic mass is 79.9. The lowest BCUT2D eigenvalue weighted by molar-refractivity contribution is -0.131. The molecule has 4 heteroatoms. The fraction of sp³-hybridized carbons (Fsp3) is 0. The third-order valence-corrected chi connectivity index (χ3v) is 2.06. The Labute approximate surface area is 83.5 Å². The summed E-state index contributed by atoms with van der Waals surface area (Å²) in [5.74, 6) is -0.921. The smallest absolute Gasteiger partial charge is 0.328 e. The van der Waals surface area contributed by atoms with Crippen molar-refractivity contribution in [3.05, 3.63) is 34.3 Å². The molecule has 0 aromatic heterocycles. The van der Waals surface area contributed by atoms with Gasteiger partial charge in [0.2, 0.25) is 0 Å². The predicted octanol–water partition coefficient (Wildman–Crippen LogP) is 2.25. The number of benzene rings is 1. The van der Waals surface area contributed by atoms with Crippen molar-refractivity contribution in [2.75, 3.05) is 0 Å². The van der Waals surface area contributed by atoms with E-state index < -0.39 is 5.97 Å². The molecule has 0 aliphatic carbocycles. The Morgan fingerprint density at radius 1 is 1.46 bits per heavy atom. The van der Waals surface area contributed by atoms with E-state index >= 15 is 0 Å². The third-order valence-electron chi connectivity index (χ3n) is 1.39. The van der Waals surface area contributed by atoms with Crippen LogP contribution in [0.3, 0.4) is 0 Å². The summed E-state index contributed by atoms with van der Waals surface area (Å²) in [7, 11) is 0. The first-order valence-corrected chi connectivity index (χ1v) is 4.28. The highest BCUT2D eigenvalue weighted by Gasteiger charge is 1.96. The van der Waals surface area contributed by atoms with Gasteiger partial charge in [-0.15, -0.1) is 0 Å². The average Bonchev–Trinajstić information content (AvgIpc) is 2.07. The van der Waals surface area contributed by atoms with Crippen molar-refractivity contribution >= 4 is 28.0 Å². The van der Waals surface area contributed by atoms with Gasteiger partial charge in [0.05, 0.1) is 4.47 Å². The molecule has 0 amide bonds. The largest absolute Gasteiger partial charge is 0.507 e. The van der Waals surface area contributed by atoms with Gasteiger partial charge in [0.25, 0.3) is 0 Å². The monoisotopic (exact) mass is 242 g/mol. The molecule has 0 unspecified atom stereocenters. The molecule has 3 nitrogen and oxygen atoms in total. The van der Waals surface area contributed by atoms with Crippen molar-refractivity contribution in [3.8, 4) is 5.75 Å². The van der Waals surface area contributed by atoms with Crippen molar-refractivity contribution in [1.82, 2.24) is 0 Å². The molecule has 0 saturated heterocycles. The molecule has 2 N–H and O–H groups in total. The van der Waals surface area contributed by atoms with Gasteiger partial charge in [-0.25, -0.2) is 4.79 Å². The normalized spacial score (nSPS) is 10.5. The number of phenolic OH excluding ortho intramolecular Hbond substituents is 1. The van der Waals surface area contributed by atoms with E-state index in [1.807, 2.05) is 0 Å². The van der Waals surface area contributed by atoms with Crippen LogP contribution in [0.15, 0.2) is 28.7 Å². The SMILES string of the molecule is O=C(O)/C=C/c1ccc(Br)c(O)c1. The molecule has 1 rings (SSSR count). The maximum absolute atomic E-state index is 10.2. The average molecular weight is 243 g/mol. The first-order valence-electron chi connectivity index (χ1n) is 3.49. The topological polar surface area (TPSA) is 57.5 Å². The molecule has 0 radical (unpaired) electrons. The van der Waals surface area contributed by atoms with Crippen LogP contribution in [0, 0.1) is 0 Å². The number of carboxylic acids is 1. The third kappa shape index (κ3) is 2.91. The second-order valence-corrected chi connectivity index (χ2v) is 3.24. The number of aromatic hydroxyl groups is 1. The van der Waals surface area contributed by atoms with Crippen LogP contribution in [0.1, 0.15) is 5.56 Å². The summed E-state index contributed by atoms with van der Waals surface area (Å²) in [5, 5.41) is 17.6. The molecule has 0 fully saturated rings. The van der Waals surface area contributed by atoms with E-state index in [-0.39, 0.29) is 5.75 Å². The Balaban J connectivity index is 2.92. The van der Waals surface area contributed by atoms with Crippen LogP contribution in [-0.2, 0) is 4.79 Å². The number of carboxylic acid groups (broad SMARTS) is 1. The fourth-order valence-electron chi connectivity index (χ4n) is 0.801. The summed E-state index contributed by atoms with van der Waals surface area (Å²) in [6, 6.07) is 4.82. The summed E-state index contributed by atoms with van der Waals surface area (Å²) >= 11 is 3.12. The molecule has 0 atom stereocenters. The molecule has 1 aromatic carbocycles. The van der Waals surface area contributed by atoms with Crippen LogP contribution >= 0.6 is 15.9 Å². The Hall–Kier alpha value is -1.29. The molecule has 0 spiro atoms. The molecule has 0 bridgehead atoms. The van der Waals surface area contributed by atoms with Gasteiger partial charge in [0.1, 0.15) is 5.75 Å². The summed E-state index contributed by atoms with van der Waals surface area (Å²) < 4.78 is 0.583. The van der Waals surface area contributed by atoms with Crippen molar-refractivity contribution in [3.63, 3.8) is 0 Å². The Morgan fingerprint density at radius 2 is 2.15 bits per heavy atom. The number of hydrogen-bond donors (Lipinski definition) is 2. The number of carbonyl (C=O) groups is 1. The molecule has 13 heavy (non-hydrogen) atoms. The Bertz CT molecular complexity index is 358. The predicted molar refractivity (Wildman–Crippen MR) is 52.5 cm³/mol. The van der Waals surface area contributed by atoms with Gasteiger partial charge >= 0.3 is 5.97 Å². The van der Waals surface area contributed by atoms with E-state index in [1.54, 1.807) is 12.1 Å². The zero-order valence-corrected chi connectivity index (χ0v) is 8.15. The van der Waals surface area contributed by atoms with Crippen LogP contribution in [0.5, 0.6) is 5.75 Å². The Morgan fingerprint density at radius 3 is 2.69 bits per heavy atom. The highest BCUT2D eigenvalue weighted by Crippen LogP contribution is 2.24. The van der Waals surface area contributed by atoms with Gasteiger partial charge in [-0.1, -0.05) is 6.07 Å². The zero-order valence-electron chi connectivity index (χ0n) is 6.57. The lowest BCUT2D eigenvalue weighted by atomic mass is 10.2. The number of hydrogen-bond acceptors (Lipinski definition) is 2. The second-order valence-electron chi connectivity index (χ2n) is 2.38. The summed E-state index contributed by atoms with van der Waals surface area (Å²) in [4.78, 5) is 10.2. The van der Waals surface area contributed by atoms with Gasteiger partial charge in [0, 0.05) is 6.08 Å². The minimum Gasteiger partial charge on any atom is -0.507 e. The van der Waals surface area contributed by atoms with E-state index in [0.29, 0.717) is 10.0 Å². The van der Waals surface area contributed by atoms with Gasteiger partial charge in [-0.3, -0.25) is 0 Å². The van der Waals surface area contributed by atoms with Gasteiger partial charge in [-0.05, 0) is 39.7 Å². The number of halogens is 1. The van der Waals surface area contributed by atoms with E-state index in [2.05, 4.69) is 15.9 Å². The number of phenols is 1. The van der Waals surface area contributed by atoms with Crippen LogP contribution in [0.2, 0.25) is 0 Å². The number of aliphatic carboxylic acids is 1. The summed E-state index contributed by atoms with van der Waals surface area (Å²) in [6.07, 6.45) is 2.43. The molecule has 0 aliphatic rings. The van der Waals surface area contributed by atoms with Crippen LogP contribution in [0.25, 0.3) is 6.08 Å². The van der Waals surface area contributed by atoms with Crippen molar-refractivity contribution in [1.29, 1.82) is 0 Å². The quantitative estimate of drug-likeness (QED) is 0.783. The molecule has 1 aromatic rings. The lowest BCUT2D eigenvalue weighted by Gasteiger charge is -1.97. The van der Waals surface area contributed by atoms with Crippen LogP contribution in [-0.4, -0.2) is 16.2 Å². The fourth-order valence-corrected chi connectivity index (χ4v) is 1.05. The molecule has 0 aliphatic heterocycles. The molecule has 0 heterocycles. The van der Waals surface area contributed by atoms with E-state index in [0.717, 1.165) is 6.08 Å². The summed E-state index contributed by atoms with van der Waals surface area (Å²) in [5.41, 5.74) is 0.642. The molecular formula is C9H7BrO3. The van der Waals surface area contributed by atoms with Crippen molar-refractivity contribution < 1.29 is 15.0 Å². The summed E-state index contributed by atoms with van der Waals surface area (Å²) in [6.45, 7) is 0. The molecule has 68 valence electrons. The van der Waals surface area contributed by atoms with Gasteiger partial charge in [0.15, 0.2) is 0 Å². The Kier molecular flexibility index (Phi) is 3.08. The van der Waals surface area contributed by atoms with Crippen molar-refractivity contribution in [2.24, 2.45) is 0 Å². The number of rotatable bonds is 2. The second kappa shape index (κ2) is 4.09. The first kappa shape index (κ1) is 9.80. The first-order chi connectivity index (χ1) is 6.09. The maximum atomic E-state index is 10.2. The maximum Gasteiger partial charge on any atom is 0.328 e. The van der Waals surface area contributed by atoms with Crippen LogP contribution in [0.4, 0.5) is 0 Å². The van der Waals surface area contributed by atoms with Crippen LogP contribution < -0.4 is 0 Å². The lowest BCUT2D eigenvalue weighted by Crippen LogP contribution is -1.85. The van der Waals surface area contributed by atoms with E-state index in [4.69, 9.17) is 5.11 Å². The van der Waals surface area contributed by atoms with Gasteiger partial charge in [-0.2, -0.15) is 0 Å². The standard InChI is InChI=1S/C9H7BrO3/c10-7-3-1-6(5-8(7)11)2-4-9(12)13/h1-5,11H,(H,12,13)/b4-2+. The van der Waals surface area contributed by atoms with E-state index in [1.165, 1.54) is 12.1 Å². The molecule has 0 saturated carbocycles. The highest BCUT2D eigenvalue weighted by molar-refractivity contribution is 9.10. The van der Waals surface area contributed by atoms with E-state index in [9.17, 15) is 9.90 Å². The minimum atomic E-state index is -1.01.